The zero-order valence-corrected chi connectivity index (χ0v) is 12.7. The van der Waals surface area contributed by atoms with Crippen molar-refractivity contribution in [2.24, 2.45) is 0 Å². The first-order chi connectivity index (χ1) is 10.9. The van der Waals surface area contributed by atoms with E-state index in [1.54, 1.807) is 0 Å². The Balaban J connectivity index is 1.97. The number of ether oxygens (including phenoxy) is 1. The Morgan fingerprint density at radius 1 is 1.23 bits per heavy atom. The molecule has 1 N–H and O–H groups in total. The standard InChI is InChI=1S/C18H19N3O/c1-2-19-14-11-15-17-16(12-14)22-10-6-9-21(17)18(20-15)13-7-4-3-5-8-13/h3-5,7-8,11-12,19H,2,6,9-10H2,1H3. The smallest absolute Gasteiger partial charge is 0.147 e. The number of aryl methyl sites for hydroxylation is 1. The van der Waals surface area contributed by atoms with Gasteiger partial charge in [-0.3, -0.25) is 0 Å². The normalized spacial score (nSPS) is 13.7. The second kappa shape index (κ2) is 5.37. The lowest BCUT2D eigenvalue weighted by molar-refractivity contribution is 0.316. The Kier molecular flexibility index (Phi) is 3.22. The highest BCUT2D eigenvalue weighted by Crippen LogP contribution is 2.35. The number of hydrogen-bond donors (Lipinski definition) is 1. The van der Waals surface area contributed by atoms with Gasteiger partial charge in [0.1, 0.15) is 17.1 Å². The fourth-order valence-corrected chi connectivity index (χ4v) is 3.08. The summed E-state index contributed by atoms with van der Waals surface area (Å²) >= 11 is 0. The molecular weight excluding hydrogens is 274 g/mol. The Labute approximate surface area is 129 Å². The molecule has 3 aromatic rings. The number of benzene rings is 2. The minimum absolute atomic E-state index is 0.751. The zero-order chi connectivity index (χ0) is 14.9. The van der Waals surface area contributed by atoms with Crippen molar-refractivity contribution >= 4 is 16.7 Å². The number of aromatic nitrogens is 2. The van der Waals surface area contributed by atoms with Gasteiger partial charge in [0.05, 0.1) is 12.1 Å². The number of rotatable bonds is 3. The fraction of sp³-hybridized carbons (Fsp3) is 0.278. The lowest BCUT2D eigenvalue weighted by Crippen LogP contribution is -2.01. The highest BCUT2D eigenvalue weighted by atomic mass is 16.5. The molecule has 0 unspecified atom stereocenters. The third kappa shape index (κ3) is 2.11. The summed E-state index contributed by atoms with van der Waals surface area (Å²) in [6.07, 6.45) is 0.997. The lowest BCUT2D eigenvalue weighted by Gasteiger charge is -2.08. The van der Waals surface area contributed by atoms with E-state index in [1.807, 2.05) is 6.07 Å². The maximum absolute atomic E-state index is 5.96. The average molecular weight is 293 g/mol. The minimum atomic E-state index is 0.751. The first-order valence-electron chi connectivity index (χ1n) is 7.83. The van der Waals surface area contributed by atoms with Gasteiger partial charge in [0, 0.05) is 30.4 Å². The summed E-state index contributed by atoms with van der Waals surface area (Å²) in [5.74, 6) is 1.96. The second-order valence-corrected chi connectivity index (χ2v) is 5.53. The lowest BCUT2D eigenvalue weighted by atomic mass is 10.2. The number of nitrogens with zero attached hydrogens (tertiary/aromatic N) is 2. The van der Waals surface area contributed by atoms with Crippen LogP contribution in [0.1, 0.15) is 13.3 Å². The van der Waals surface area contributed by atoms with Gasteiger partial charge in [-0.1, -0.05) is 30.3 Å². The molecule has 4 heteroatoms. The predicted molar refractivity (Wildman–Crippen MR) is 89.4 cm³/mol. The summed E-state index contributed by atoms with van der Waals surface area (Å²) in [5.41, 5.74) is 4.32. The van der Waals surface area contributed by atoms with Crippen molar-refractivity contribution in [3.8, 4) is 17.1 Å². The highest BCUT2D eigenvalue weighted by Gasteiger charge is 2.19. The van der Waals surface area contributed by atoms with Crippen molar-refractivity contribution < 1.29 is 4.74 Å². The molecule has 0 saturated carbocycles. The topological polar surface area (TPSA) is 39.1 Å². The molecule has 0 bridgehead atoms. The summed E-state index contributed by atoms with van der Waals surface area (Å²) in [4.78, 5) is 4.88. The van der Waals surface area contributed by atoms with Crippen LogP contribution in [0.25, 0.3) is 22.4 Å². The van der Waals surface area contributed by atoms with Crippen molar-refractivity contribution in [3.05, 3.63) is 42.5 Å². The molecule has 0 fully saturated rings. The first-order valence-corrected chi connectivity index (χ1v) is 7.83. The van der Waals surface area contributed by atoms with E-state index < -0.39 is 0 Å². The van der Waals surface area contributed by atoms with Crippen LogP contribution in [0.4, 0.5) is 5.69 Å². The maximum Gasteiger partial charge on any atom is 0.147 e. The van der Waals surface area contributed by atoms with Gasteiger partial charge in [0.25, 0.3) is 0 Å². The van der Waals surface area contributed by atoms with Crippen LogP contribution in [0, 0.1) is 0 Å². The monoisotopic (exact) mass is 293 g/mol. The van der Waals surface area contributed by atoms with Crippen LogP contribution in [0.5, 0.6) is 5.75 Å². The van der Waals surface area contributed by atoms with Crippen LogP contribution >= 0.6 is 0 Å². The van der Waals surface area contributed by atoms with E-state index in [1.165, 1.54) is 0 Å². The minimum Gasteiger partial charge on any atom is -0.491 e. The molecule has 1 aliphatic rings. The summed E-state index contributed by atoms with van der Waals surface area (Å²) in [5, 5.41) is 3.36. The van der Waals surface area contributed by atoms with Crippen LogP contribution in [0.3, 0.4) is 0 Å². The van der Waals surface area contributed by atoms with E-state index in [0.29, 0.717) is 0 Å². The third-order valence-corrected chi connectivity index (χ3v) is 4.00. The van der Waals surface area contributed by atoms with Gasteiger partial charge in [-0.2, -0.15) is 0 Å². The molecule has 2 heterocycles. The molecule has 0 amide bonds. The Morgan fingerprint density at radius 2 is 2.09 bits per heavy atom. The second-order valence-electron chi connectivity index (χ2n) is 5.53. The summed E-state index contributed by atoms with van der Waals surface area (Å²) in [6, 6.07) is 14.6. The zero-order valence-electron chi connectivity index (χ0n) is 12.7. The highest BCUT2D eigenvalue weighted by molar-refractivity contribution is 5.89. The third-order valence-electron chi connectivity index (χ3n) is 4.00. The number of hydrogen-bond acceptors (Lipinski definition) is 3. The van der Waals surface area contributed by atoms with E-state index in [4.69, 9.17) is 9.72 Å². The van der Waals surface area contributed by atoms with Gasteiger partial charge in [-0.15, -0.1) is 0 Å². The van der Waals surface area contributed by atoms with Crippen LogP contribution < -0.4 is 10.1 Å². The van der Waals surface area contributed by atoms with Crippen LogP contribution in [-0.4, -0.2) is 22.7 Å². The van der Waals surface area contributed by atoms with Crippen molar-refractivity contribution in [1.82, 2.24) is 9.55 Å². The SMILES string of the molecule is CCNc1cc2c3c(c1)nc(-c1ccccc1)n3CCCO2. The van der Waals surface area contributed by atoms with E-state index >= 15 is 0 Å². The molecule has 1 aliphatic heterocycles. The van der Waals surface area contributed by atoms with Crippen molar-refractivity contribution in [2.45, 2.75) is 19.9 Å². The molecule has 22 heavy (non-hydrogen) atoms. The van der Waals surface area contributed by atoms with E-state index in [9.17, 15) is 0 Å². The number of anilines is 1. The van der Waals surface area contributed by atoms with E-state index in [2.05, 4.69) is 53.2 Å². The molecule has 4 nitrogen and oxygen atoms in total. The van der Waals surface area contributed by atoms with Gasteiger partial charge >= 0.3 is 0 Å². The molecule has 112 valence electrons. The summed E-state index contributed by atoms with van der Waals surface area (Å²) in [6.45, 7) is 4.67. The molecule has 1 aromatic heterocycles. The Hall–Kier alpha value is -2.49. The summed E-state index contributed by atoms with van der Waals surface area (Å²) < 4.78 is 8.25. The van der Waals surface area contributed by atoms with Crippen molar-refractivity contribution in [2.75, 3.05) is 18.5 Å². The molecular formula is C18H19N3O. The van der Waals surface area contributed by atoms with Gasteiger partial charge in [-0.25, -0.2) is 4.98 Å². The molecule has 0 saturated heterocycles. The quantitative estimate of drug-likeness (QED) is 0.795. The number of nitrogens with one attached hydrogen (secondary N) is 1. The van der Waals surface area contributed by atoms with Crippen molar-refractivity contribution in [3.63, 3.8) is 0 Å². The molecule has 0 atom stereocenters. The van der Waals surface area contributed by atoms with Gasteiger partial charge in [0.2, 0.25) is 0 Å². The van der Waals surface area contributed by atoms with Crippen LogP contribution in [0.15, 0.2) is 42.5 Å². The molecule has 0 aliphatic carbocycles. The Morgan fingerprint density at radius 3 is 2.91 bits per heavy atom. The Bertz CT molecular complexity index is 808. The predicted octanol–water partition coefficient (Wildman–Crippen LogP) is 3.92. The maximum atomic E-state index is 5.96. The van der Waals surface area contributed by atoms with Gasteiger partial charge < -0.3 is 14.6 Å². The first kappa shape index (κ1) is 13.2. The van der Waals surface area contributed by atoms with E-state index in [0.717, 1.165) is 60.0 Å². The summed E-state index contributed by atoms with van der Waals surface area (Å²) in [7, 11) is 0. The molecule has 0 radical (unpaired) electrons. The van der Waals surface area contributed by atoms with Crippen LogP contribution in [0.2, 0.25) is 0 Å². The largest absolute Gasteiger partial charge is 0.491 e. The van der Waals surface area contributed by atoms with Gasteiger partial charge in [-0.05, 0) is 19.4 Å². The molecule has 2 aromatic carbocycles. The molecule has 0 spiro atoms. The molecule has 4 rings (SSSR count). The van der Waals surface area contributed by atoms with Crippen LogP contribution in [-0.2, 0) is 6.54 Å². The average Bonchev–Trinajstić information content (AvgIpc) is 2.77. The fourth-order valence-electron chi connectivity index (χ4n) is 3.08. The van der Waals surface area contributed by atoms with Gasteiger partial charge in [0.15, 0.2) is 0 Å². The number of imidazole rings is 1. The van der Waals surface area contributed by atoms with E-state index in [-0.39, 0.29) is 0 Å². The van der Waals surface area contributed by atoms with Crippen molar-refractivity contribution in [1.29, 1.82) is 0 Å².